The van der Waals surface area contributed by atoms with E-state index in [-0.39, 0.29) is 11.8 Å². The van der Waals surface area contributed by atoms with Gasteiger partial charge in [0.1, 0.15) is 0 Å². The van der Waals surface area contributed by atoms with Crippen molar-refractivity contribution >= 4 is 11.7 Å². The zero-order valence-corrected chi connectivity index (χ0v) is 19.4. The van der Waals surface area contributed by atoms with E-state index >= 15 is 0 Å². The van der Waals surface area contributed by atoms with Crippen molar-refractivity contribution < 1.29 is 19.4 Å². The summed E-state index contributed by atoms with van der Waals surface area (Å²) in [6.07, 6.45) is 5.19. The van der Waals surface area contributed by atoms with Crippen LogP contribution in [0.5, 0.6) is 0 Å². The fourth-order valence-electron chi connectivity index (χ4n) is 3.44. The molecule has 170 valence electrons. The van der Waals surface area contributed by atoms with E-state index in [0.717, 1.165) is 48.3 Å². The van der Waals surface area contributed by atoms with Gasteiger partial charge in [0.2, 0.25) is 5.95 Å². The molecule has 0 aromatic carbocycles. The molecule has 0 aliphatic carbocycles. The number of hydrogen-bond acceptors (Lipinski definition) is 5. The minimum Gasteiger partial charge on any atom is -0.481 e. The Morgan fingerprint density at radius 1 is 1.16 bits per heavy atom. The van der Waals surface area contributed by atoms with Gasteiger partial charge in [0.05, 0.1) is 17.7 Å². The summed E-state index contributed by atoms with van der Waals surface area (Å²) < 4.78 is 13.2. The minimum absolute atomic E-state index is 0.0868. The summed E-state index contributed by atoms with van der Waals surface area (Å²) in [6, 6.07) is 2.98. The van der Waals surface area contributed by atoms with Crippen LogP contribution in [0.1, 0.15) is 58.7 Å². The number of hydrogen-bond donors (Lipinski definition) is 2. The molecule has 6 nitrogen and oxygen atoms in total. The molecular weight excluding hydrogens is 397 g/mol. The fourth-order valence-corrected chi connectivity index (χ4v) is 3.44. The maximum absolute atomic E-state index is 13.2. The standard InChI is InChI=1S/C20H24FN3O2.C4H10O/c1-13-15(10-18(25)26)19(24-8-6-20(2,3)7-9-24)16(12-22-13)14-4-5-17(21)23-11-14;1-4(2,3)5/h4-5,11-12H,6-10H2,1-3H3,(H,25,26);5H,1-3H3. The van der Waals surface area contributed by atoms with Crippen molar-refractivity contribution in [3.8, 4) is 11.1 Å². The predicted molar refractivity (Wildman–Crippen MR) is 121 cm³/mol. The smallest absolute Gasteiger partial charge is 0.307 e. The first-order chi connectivity index (χ1) is 14.3. The molecular formula is C24H34FN3O3. The van der Waals surface area contributed by atoms with Crippen molar-refractivity contribution in [3.63, 3.8) is 0 Å². The first-order valence-electron chi connectivity index (χ1n) is 10.6. The Balaban J connectivity index is 0.000000614. The summed E-state index contributed by atoms with van der Waals surface area (Å²) in [7, 11) is 0. The number of aliphatic hydroxyl groups is 1. The van der Waals surface area contributed by atoms with E-state index in [0.29, 0.717) is 5.69 Å². The molecule has 1 aliphatic rings. The Bertz CT molecular complexity index is 890. The Kier molecular flexibility index (Phi) is 7.76. The topological polar surface area (TPSA) is 86.6 Å². The number of halogens is 1. The van der Waals surface area contributed by atoms with Crippen LogP contribution in [0, 0.1) is 18.3 Å². The molecule has 0 spiro atoms. The van der Waals surface area contributed by atoms with Crippen LogP contribution in [0.3, 0.4) is 0 Å². The van der Waals surface area contributed by atoms with Gasteiger partial charge in [-0.3, -0.25) is 9.78 Å². The second kappa shape index (κ2) is 9.73. The van der Waals surface area contributed by atoms with E-state index < -0.39 is 17.5 Å². The highest BCUT2D eigenvalue weighted by Crippen LogP contribution is 2.39. The molecule has 3 heterocycles. The monoisotopic (exact) mass is 431 g/mol. The van der Waals surface area contributed by atoms with Crippen LogP contribution >= 0.6 is 0 Å². The number of carboxylic acid groups (broad SMARTS) is 1. The molecule has 0 amide bonds. The van der Waals surface area contributed by atoms with Crippen LogP contribution in [0.4, 0.5) is 10.1 Å². The zero-order valence-electron chi connectivity index (χ0n) is 19.4. The van der Waals surface area contributed by atoms with Crippen LogP contribution in [0.2, 0.25) is 0 Å². The first kappa shape index (κ1) is 24.7. The van der Waals surface area contributed by atoms with Crippen LogP contribution in [-0.2, 0) is 11.2 Å². The van der Waals surface area contributed by atoms with Crippen molar-refractivity contribution in [2.45, 2.75) is 66.4 Å². The van der Waals surface area contributed by atoms with Gasteiger partial charge < -0.3 is 15.1 Å². The van der Waals surface area contributed by atoms with Crippen molar-refractivity contribution in [2.75, 3.05) is 18.0 Å². The molecule has 31 heavy (non-hydrogen) atoms. The van der Waals surface area contributed by atoms with Crippen LogP contribution in [0.25, 0.3) is 11.1 Å². The molecule has 7 heteroatoms. The molecule has 1 saturated heterocycles. The minimum atomic E-state index is -0.886. The number of aryl methyl sites for hydroxylation is 1. The molecule has 0 unspecified atom stereocenters. The lowest BCUT2D eigenvalue weighted by molar-refractivity contribution is -0.136. The molecule has 1 aliphatic heterocycles. The lowest BCUT2D eigenvalue weighted by Gasteiger charge is -2.40. The molecule has 3 rings (SSSR count). The molecule has 0 radical (unpaired) electrons. The van der Waals surface area contributed by atoms with Gasteiger partial charge in [-0.05, 0) is 58.1 Å². The molecule has 1 fully saturated rings. The van der Waals surface area contributed by atoms with E-state index in [1.54, 1.807) is 33.0 Å². The number of aromatic nitrogens is 2. The Morgan fingerprint density at radius 3 is 2.23 bits per heavy atom. The number of piperidine rings is 1. The summed E-state index contributed by atoms with van der Waals surface area (Å²) >= 11 is 0. The average molecular weight is 432 g/mol. The number of carbonyl (C=O) groups is 1. The van der Waals surface area contributed by atoms with Crippen molar-refractivity contribution in [1.29, 1.82) is 0 Å². The van der Waals surface area contributed by atoms with Crippen molar-refractivity contribution in [1.82, 2.24) is 9.97 Å². The van der Waals surface area contributed by atoms with Gasteiger partial charge >= 0.3 is 5.97 Å². The van der Waals surface area contributed by atoms with E-state index in [2.05, 4.69) is 28.7 Å². The van der Waals surface area contributed by atoms with Gasteiger partial charge in [0.15, 0.2) is 0 Å². The number of nitrogens with zero attached hydrogens (tertiary/aromatic N) is 3. The summed E-state index contributed by atoms with van der Waals surface area (Å²) in [5.74, 6) is -1.43. The van der Waals surface area contributed by atoms with Gasteiger partial charge in [-0.1, -0.05) is 13.8 Å². The number of aliphatic carboxylic acids is 1. The molecule has 0 saturated carbocycles. The number of anilines is 1. The van der Waals surface area contributed by atoms with Gasteiger partial charge in [-0.2, -0.15) is 4.39 Å². The lowest BCUT2D eigenvalue weighted by atomic mass is 9.82. The predicted octanol–water partition coefficient (Wildman–Crippen LogP) is 4.62. The van der Waals surface area contributed by atoms with E-state index in [9.17, 15) is 14.3 Å². The Morgan fingerprint density at radius 2 is 1.74 bits per heavy atom. The van der Waals surface area contributed by atoms with Gasteiger partial charge in [0, 0.05) is 47.9 Å². The Labute approximate surface area is 184 Å². The fraction of sp³-hybridized carbons (Fsp3) is 0.542. The molecule has 2 aromatic heterocycles. The summed E-state index contributed by atoms with van der Waals surface area (Å²) in [5.41, 5.74) is 3.65. The third-order valence-corrected chi connectivity index (χ3v) is 5.16. The number of rotatable bonds is 4. The van der Waals surface area contributed by atoms with Crippen molar-refractivity contribution in [3.05, 3.63) is 41.7 Å². The van der Waals surface area contributed by atoms with E-state index in [1.807, 2.05) is 6.92 Å². The van der Waals surface area contributed by atoms with Crippen LogP contribution in [0.15, 0.2) is 24.5 Å². The molecule has 2 N–H and O–H groups in total. The average Bonchev–Trinajstić information content (AvgIpc) is 2.63. The lowest BCUT2D eigenvalue weighted by Crippen LogP contribution is -2.38. The first-order valence-corrected chi connectivity index (χ1v) is 10.6. The van der Waals surface area contributed by atoms with Gasteiger partial charge in [-0.15, -0.1) is 0 Å². The van der Waals surface area contributed by atoms with Crippen LogP contribution in [-0.4, -0.2) is 44.8 Å². The van der Waals surface area contributed by atoms with Gasteiger partial charge in [-0.25, -0.2) is 4.98 Å². The van der Waals surface area contributed by atoms with Crippen molar-refractivity contribution in [2.24, 2.45) is 5.41 Å². The highest BCUT2D eigenvalue weighted by Gasteiger charge is 2.29. The number of pyridine rings is 2. The zero-order chi connectivity index (χ0) is 23.4. The maximum Gasteiger partial charge on any atom is 0.307 e. The Hall–Kier alpha value is -2.54. The quantitative estimate of drug-likeness (QED) is 0.687. The van der Waals surface area contributed by atoms with E-state index in [1.165, 1.54) is 12.3 Å². The third kappa shape index (κ3) is 7.58. The SMILES string of the molecule is CC(C)(C)O.Cc1ncc(-c2ccc(F)nc2)c(N2CCC(C)(C)CC2)c1CC(=O)O. The highest BCUT2D eigenvalue weighted by atomic mass is 19.1. The third-order valence-electron chi connectivity index (χ3n) is 5.16. The second-order valence-electron chi connectivity index (χ2n) is 9.85. The highest BCUT2D eigenvalue weighted by molar-refractivity contribution is 5.84. The van der Waals surface area contributed by atoms with E-state index in [4.69, 9.17) is 5.11 Å². The largest absolute Gasteiger partial charge is 0.481 e. The molecule has 2 aromatic rings. The number of carboxylic acids is 1. The summed E-state index contributed by atoms with van der Waals surface area (Å²) in [6.45, 7) is 13.3. The summed E-state index contributed by atoms with van der Waals surface area (Å²) in [5, 5.41) is 17.9. The maximum atomic E-state index is 13.2. The normalized spacial score (nSPS) is 15.8. The van der Waals surface area contributed by atoms with Crippen LogP contribution < -0.4 is 4.90 Å². The van der Waals surface area contributed by atoms with Gasteiger partial charge in [0.25, 0.3) is 0 Å². The molecule has 0 atom stereocenters. The summed E-state index contributed by atoms with van der Waals surface area (Å²) in [4.78, 5) is 21.8. The molecule has 0 bridgehead atoms. The second-order valence-corrected chi connectivity index (χ2v) is 9.85.